The number of aromatic nitrogens is 3. The Hall–Kier alpha value is -2.02. The number of imide groups is 1. The third-order valence-electron chi connectivity index (χ3n) is 3.17. The summed E-state index contributed by atoms with van der Waals surface area (Å²) in [6.07, 6.45) is 0. The maximum atomic E-state index is 12.1. The fraction of sp³-hybridized carbons (Fsp3) is 0.231. The fourth-order valence-electron chi connectivity index (χ4n) is 2.14. The second-order valence-electron chi connectivity index (χ2n) is 4.48. The summed E-state index contributed by atoms with van der Waals surface area (Å²) < 4.78 is 0.667. The van der Waals surface area contributed by atoms with Gasteiger partial charge in [0.2, 0.25) is 0 Å². The minimum absolute atomic E-state index is 0.256. The maximum absolute atomic E-state index is 12.1. The van der Waals surface area contributed by atoms with E-state index in [1.807, 2.05) is 6.92 Å². The van der Waals surface area contributed by atoms with E-state index < -0.39 is 0 Å². The molecule has 0 aliphatic carbocycles. The zero-order valence-corrected chi connectivity index (χ0v) is 12.3. The molecule has 0 saturated heterocycles. The van der Waals surface area contributed by atoms with Gasteiger partial charge in [0.1, 0.15) is 0 Å². The molecule has 102 valence electrons. The molecule has 0 bridgehead atoms. The first-order valence-corrected chi connectivity index (χ1v) is 6.89. The van der Waals surface area contributed by atoms with Gasteiger partial charge in [-0.15, -0.1) is 5.10 Å². The Morgan fingerprint density at radius 3 is 2.15 bits per heavy atom. The van der Waals surface area contributed by atoms with Gasteiger partial charge in [0.25, 0.3) is 11.8 Å². The molecule has 0 radical (unpaired) electrons. The van der Waals surface area contributed by atoms with E-state index in [2.05, 4.69) is 26.1 Å². The molecule has 2 aromatic rings. The van der Waals surface area contributed by atoms with Crippen molar-refractivity contribution in [3.63, 3.8) is 0 Å². The lowest BCUT2D eigenvalue weighted by Gasteiger charge is -2.12. The summed E-state index contributed by atoms with van der Waals surface area (Å²) >= 11 is 3.27. The van der Waals surface area contributed by atoms with Gasteiger partial charge in [-0.2, -0.15) is 9.90 Å². The molecule has 1 aromatic carbocycles. The van der Waals surface area contributed by atoms with Crippen LogP contribution < -0.4 is 0 Å². The van der Waals surface area contributed by atoms with Crippen molar-refractivity contribution < 1.29 is 9.59 Å². The Bertz CT molecular complexity index is 656. The molecule has 0 fully saturated rings. The zero-order chi connectivity index (χ0) is 14.3. The number of halogens is 1. The third-order valence-corrected chi connectivity index (χ3v) is 3.90. The van der Waals surface area contributed by atoms with Gasteiger partial charge in [0, 0.05) is 0 Å². The standard InChI is InChI=1S/C13H11BrN4O2/c1-8-11(14)16-18(15-8)7-6-17-12(19)9-4-2-3-5-10(9)13(17)20/h2-5H,6-7H2,1H3. The molecule has 6 nitrogen and oxygen atoms in total. The van der Waals surface area contributed by atoms with E-state index in [0.717, 1.165) is 5.69 Å². The van der Waals surface area contributed by atoms with Crippen LogP contribution in [0.15, 0.2) is 28.9 Å². The van der Waals surface area contributed by atoms with Crippen LogP contribution in [0.2, 0.25) is 0 Å². The molecule has 1 aliphatic heterocycles. The summed E-state index contributed by atoms with van der Waals surface area (Å²) in [5, 5.41) is 8.32. The quantitative estimate of drug-likeness (QED) is 0.800. The number of carbonyl (C=O) groups is 2. The number of benzene rings is 1. The number of carbonyl (C=O) groups excluding carboxylic acids is 2. The Kier molecular flexibility index (Phi) is 3.13. The van der Waals surface area contributed by atoms with Gasteiger partial charge in [-0.25, -0.2) is 0 Å². The lowest BCUT2D eigenvalue weighted by atomic mass is 10.1. The third kappa shape index (κ3) is 2.03. The number of nitrogens with zero attached hydrogens (tertiary/aromatic N) is 4. The molecule has 7 heteroatoms. The molecule has 0 unspecified atom stereocenters. The summed E-state index contributed by atoms with van der Waals surface area (Å²) in [5.74, 6) is -0.512. The molecule has 3 rings (SSSR count). The van der Waals surface area contributed by atoms with Gasteiger partial charge in [0.15, 0.2) is 4.60 Å². The average molecular weight is 335 g/mol. The van der Waals surface area contributed by atoms with Crippen LogP contribution in [0.5, 0.6) is 0 Å². The van der Waals surface area contributed by atoms with E-state index in [1.54, 1.807) is 24.3 Å². The first-order chi connectivity index (χ1) is 9.58. The van der Waals surface area contributed by atoms with Crippen molar-refractivity contribution in [3.05, 3.63) is 45.7 Å². The minimum Gasteiger partial charge on any atom is -0.272 e. The van der Waals surface area contributed by atoms with Gasteiger partial charge in [-0.05, 0) is 35.0 Å². The van der Waals surface area contributed by atoms with Crippen LogP contribution >= 0.6 is 15.9 Å². The SMILES string of the molecule is Cc1nn(CCN2C(=O)c3ccccc3C2=O)nc1Br. The molecule has 20 heavy (non-hydrogen) atoms. The van der Waals surface area contributed by atoms with Gasteiger partial charge in [-0.3, -0.25) is 14.5 Å². The highest BCUT2D eigenvalue weighted by Crippen LogP contribution is 2.22. The molecule has 0 atom stereocenters. The summed E-state index contributed by atoms with van der Waals surface area (Å²) in [7, 11) is 0. The van der Waals surface area contributed by atoms with E-state index in [9.17, 15) is 9.59 Å². The smallest absolute Gasteiger partial charge is 0.261 e. The molecule has 0 saturated carbocycles. The summed E-state index contributed by atoms with van der Waals surface area (Å²) in [6, 6.07) is 6.84. The van der Waals surface area contributed by atoms with E-state index in [0.29, 0.717) is 22.3 Å². The van der Waals surface area contributed by atoms with Crippen molar-refractivity contribution in [1.29, 1.82) is 0 Å². The molecule has 2 heterocycles. The van der Waals surface area contributed by atoms with E-state index in [-0.39, 0.29) is 18.4 Å². The molecular formula is C13H11BrN4O2. The van der Waals surface area contributed by atoms with E-state index in [4.69, 9.17) is 0 Å². The summed E-state index contributed by atoms with van der Waals surface area (Å²) in [6.45, 7) is 2.46. The molecule has 1 aliphatic rings. The van der Waals surface area contributed by atoms with Crippen molar-refractivity contribution in [2.24, 2.45) is 0 Å². The zero-order valence-electron chi connectivity index (χ0n) is 10.7. The van der Waals surface area contributed by atoms with Crippen LogP contribution in [0.4, 0.5) is 0 Å². The number of rotatable bonds is 3. The minimum atomic E-state index is -0.256. The molecular weight excluding hydrogens is 324 g/mol. The highest BCUT2D eigenvalue weighted by atomic mass is 79.9. The average Bonchev–Trinajstić information content (AvgIpc) is 2.88. The lowest BCUT2D eigenvalue weighted by molar-refractivity contribution is 0.0646. The Morgan fingerprint density at radius 2 is 1.65 bits per heavy atom. The number of aryl methyl sites for hydroxylation is 1. The van der Waals surface area contributed by atoms with E-state index >= 15 is 0 Å². The highest BCUT2D eigenvalue weighted by molar-refractivity contribution is 9.10. The van der Waals surface area contributed by atoms with Crippen molar-refractivity contribution in [2.75, 3.05) is 6.54 Å². The van der Waals surface area contributed by atoms with Gasteiger partial charge < -0.3 is 0 Å². The Morgan fingerprint density at radius 1 is 1.05 bits per heavy atom. The highest BCUT2D eigenvalue weighted by Gasteiger charge is 2.34. The Balaban J connectivity index is 1.77. The van der Waals surface area contributed by atoms with Crippen molar-refractivity contribution >= 4 is 27.7 Å². The number of amides is 2. The van der Waals surface area contributed by atoms with Crippen molar-refractivity contribution in [2.45, 2.75) is 13.5 Å². The first kappa shape index (κ1) is 13.0. The summed E-state index contributed by atoms with van der Waals surface area (Å²) in [4.78, 5) is 27.0. The second kappa shape index (κ2) is 4.82. The fourth-order valence-corrected chi connectivity index (χ4v) is 2.40. The Labute approximate surface area is 123 Å². The maximum Gasteiger partial charge on any atom is 0.261 e. The predicted molar refractivity (Wildman–Crippen MR) is 74.3 cm³/mol. The van der Waals surface area contributed by atoms with E-state index in [1.165, 1.54) is 9.70 Å². The normalized spacial score (nSPS) is 14.0. The molecule has 1 aromatic heterocycles. The largest absolute Gasteiger partial charge is 0.272 e. The number of fused-ring (bicyclic) bond motifs is 1. The van der Waals surface area contributed by atoms with Gasteiger partial charge in [0.05, 0.1) is 29.9 Å². The predicted octanol–water partition coefficient (Wildman–Crippen LogP) is 1.65. The first-order valence-electron chi connectivity index (χ1n) is 6.10. The monoisotopic (exact) mass is 334 g/mol. The molecule has 2 amide bonds. The molecule has 0 N–H and O–H groups in total. The van der Waals surface area contributed by atoms with Crippen LogP contribution in [0.25, 0.3) is 0 Å². The van der Waals surface area contributed by atoms with Gasteiger partial charge >= 0.3 is 0 Å². The van der Waals surface area contributed by atoms with Gasteiger partial charge in [-0.1, -0.05) is 12.1 Å². The topological polar surface area (TPSA) is 68.1 Å². The summed E-state index contributed by atoms with van der Waals surface area (Å²) in [5.41, 5.74) is 1.69. The van der Waals surface area contributed by atoms with Crippen LogP contribution in [-0.4, -0.2) is 38.3 Å². The molecule has 0 spiro atoms. The lowest BCUT2D eigenvalue weighted by Crippen LogP contribution is -2.33. The number of hydrogen-bond donors (Lipinski definition) is 0. The second-order valence-corrected chi connectivity index (χ2v) is 5.23. The van der Waals surface area contributed by atoms with Crippen LogP contribution in [0.3, 0.4) is 0 Å². The van der Waals surface area contributed by atoms with Crippen LogP contribution in [0.1, 0.15) is 26.4 Å². The van der Waals surface area contributed by atoms with Crippen LogP contribution in [0, 0.1) is 6.92 Å². The van der Waals surface area contributed by atoms with Crippen molar-refractivity contribution in [3.8, 4) is 0 Å². The van der Waals surface area contributed by atoms with Crippen molar-refractivity contribution in [1.82, 2.24) is 19.9 Å². The van der Waals surface area contributed by atoms with Crippen LogP contribution in [-0.2, 0) is 6.54 Å². The number of hydrogen-bond acceptors (Lipinski definition) is 4.